The Bertz CT molecular complexity index is 608. The van der Waals surface area contributed by atoms with Gasteiger partial charge in [-0.15, -0.1) is 0 Å². The molecular formula is C21H31NO. The molecule has 0 saturated heterocycles. The highest BCUT2D eigenvalue weighted by atomic mass is 16.5. The average Bonchev–Trinajstić information content (AvgIpc) is 2.52. The third-order valence-electron chi connectivity index (χ3n) is 4.07. The fraction of sp³-hybridized carbons (Fsp3) is 0.429. The number of aryl methyl sites for hydroxylation is 1. The van der Waals surface area contributed by atoms with E-state index in [0.717, 1.165) is 34.6 Å². The monoisotopic (exact) mass is 313 g/mol. The van der Waals surface area contributed by atoms with E-state index in [4.69, 9.17) is 10.5 Å². The van der Waals surface area contributed by atoms with Crippen molar-refractivity contribution in [1.82, 2.24) is 0 Å². The van der Waals surface area contributed by atoms with Crippen LogP contribution in [0.1, 0.15) is 45.7 Å². The molecule has 0 fully saturated rings. The number of methoxy groups -OCH3 is 1. The van der Waals surface area contributed by atoms with Gasteiger partial charge in [0.05, 0.1) is 7.11 Å². The Hall–Kier alpha value is -1.96. The lowest BCUT2D eigenvalue weighted by Crippen LogP contribution is -2.14. The van der Waals surface area contributed by atoms with E-state index in [2.05, 4.69) is 64.6 Å². The summed E-state index contributed by atoms with van der Waals surface area (Å²) in [5.41, 5.74) is 11.8. The Labute approximate surface area is 141 Å². The molecule has 0 aromatic heterocycles. The maximum Gasteiger partial charge on any atom is 0.124 e. The van der Waals surface area contributed by atoms with Crippen LogP contribution in [-0.2, 0) is 11.2 Å². The van der Waals surface area contributed by atoms with E-state index in [1.54, 1.807) is 7.11 Å². The van der Waals surface area contributed by atoms with Gasteiger partial charge in [-0.05, 0) is 36.5 Å². The summed E-state index contributed by atoms with van der Waals surface area (Å²) >= 11 is 0. The number of ether oxygens (including phenoxy) is 1. The first-order valence-electron chi connectivity index (χ1n) is 8.32. The van der Waals surface area contributed by atoms with E-state index in [-0.39, 0.29) is 5.92 Å². The highest BCUT2D eigenvalue weighted by Gasteiger charge is 2.18. The molecule has 23 heavy (non-hydrogen) atoms. The summed E-state index contributed by atoms with van der Waals surface area (Å²) in [5.74, 6) is 1.31. The molecule has 0 radical (unpaired) electrons. The molecule has 1 atom stereocenters. The van der Waals surface area contributed by atoms with Gasteiger partial charge in [0.1, 0.15) is 5.76 Å². The van der Waals surface area contributed by atoms with Crippen molar-refractivity contribution < 1.29 is 4.74 Å². The van der Waals surface area contributed by atoms with Crippen LogP contribution in [0.4, 0.5) is 0 Å². The van der Waals surface area contributed by atoms with Crippen molar-refractivity contribution in [2.45, 2.75) is 41.0 Å². The average molecular weight is 313 g/mol. The number of nitrogens with two attached hydrogens (primary N) is 1. The highest BCUT2D eigenvalue weighted by molar-refractivity contribution is 5.80. The number of benzene rings is 1. The molecule has 1 unspecified atom stereocenters. The lowest BCUT2D eigenvalue weighted by molar-refractivity contribution is 0.306. The Balaban J connectivity index is 3.60. The summed E-state index contributed by atoms with van der Waals surface area (Å²) in [6, 6.07) is 8.51. The molecule has 1 aromatic rings. The fourth-order valence-corrected chi connectivity index (χ4v) is 2.44. The number of allylic oxidation sites excluding steroid dienone is 3. The predicted molar refractivity (Wildman–Crippen MR) is 101 cm³/mol. The third kappa shape index (κ3) is 5.02. The number of rotatable bonds is 7. The molecule has 0 saturated carbocycles. The van der Waals surface area contributed by atoms with E-state index < -0.39 is 0 Å². The van der Waals surface area contributed by atoms with Gasteiger partial charge in [0.2, 0.25) is 0 Å². The standard InChI is InChI=1S/C21H31NO/c1-8-17-10-9-11-18(13-17)20(19(23-7)12-14(2)3)21(22)16(6)15(4)5/h9-14,16H,4,8,22H2,1-3,5-7H3/b19-12+,21-20+. The first-order chi connectivity index (χ1) is 10.8. The predicted octanol–water partition coefficient (Wildman–Crippen LogP) is 5.32. The van der Waals surface area contributed by atoms with E-state index in [1.165, 1.54) is 5.56 Å². The van der Waals surface area contributed by atoms with Crippen LogP contribution in [0.5, 0.6) is 0 Å². The number of hydrogen-bond acceptors (Lipinski definition) is 2. The molecule has 1 aromatic carbocycles. The Morgan fingerprint density at radius 3 is 2.43 bits per heavy atom. The summed E-state index contributed by atoms with van der Waals surface area (Å²) in [5, 5.41) is 0. The van der Waals surface area contributed by atoms with Gasteiger partial charge >= 0.3 is 0 Å². The molecule has 0 heterocycles. The van der Waals surface area contributed by atoms with E-state index >= 15 is 0 Å². The zero-order valence-electron chi connectivity index (χ0n) is 15.4. The summed E-state index contributed by atoms with van der Waals surface area (Å²) < 4.78 is 5.70. The highest BCUT2D eigenvalue weighted by Crippen LogP contribution is 2.31. The first-order valence-corrected chi connectivity index (χ1v) is 8.32. The Kier molecular flexibility index (Phi) is 7.15. The van der Waals surface area contributed by atoms with E-state index in [0.29, 0.717) is 5.92 Å². The first kappa shape index (κ1) is 19.1. The summed E-state index contributed by atoms with van der Waals surface area (Å²) in [4.78, 5) is 0. The molecule has 126 valence electrons. The fourth-order valence-electron chi connectivity index (χ4n) is 2.44. The zero-order valence-corrected chi connectivity index (χ0v) is 15.4. The smallest absolute Gasteiger partial charge is 0.124 e. The molecule has 2 N–H and O–H groups in total. The van der Waals surface area contributed by atoms with Crippen LogP contribution >= 0.6 is 0 Å². The Morgan fingerprint density at radius 1 is 1.30 bits per heavy atom. The molecule has 0 bridgehead atoms. The second-order valence-corrected chi connectivity index (χ2v) is 6.43. The van der Waals surface area contributed by atoms with Gasteiger partial charge in [0.25, 0.3) is 0 Å². The van der Waals surface area contributed by atoms with Crippen LogP contribution in [0.25, 0.3) is 5.57 Å². The Morgan fingerprint density at radius 2 is 1.96 bits per heavy atom. The van der Waals surface area contributed by atoms with E-state index in [1.807, 2.05) is 6.92 Å². The van der Waals surface area contributed by atoms with Crippen molar-refractivity contribution in [2.24, 2.45) is 17.6 Å². The lowest BCUT2D eigenvalue weighted by Gasteiger charge is -2.21. The minimum Gasteiger partial charge on any atom is -0.496 e. The molecule has 2 nitrogen and oxygen atoms in total. The maximum absolute atomic E-state index is 6.54. The van der Waals surface area contributed by atoms with Crippen LogP contribution < -0.4 is 5.73 Å². The second-order valence-electron chi connectivity index (χ2n) is 6.43. The molecule has 0 amide bonds. The summed E-state index contributed by atoms with van der Waals surface area (Å²) in [7, 11) is 1.70. The van der Waals surface area contributed by atoms with Crippen LogP contribution in [0.3, 0.4) is 0 Å². The minimum absolute atomic E-state index is 0.0981. The van der Waals surface area contributed by atoms with Crippen LogP contribution in [0.2, 0.25) is 0 Å². The topological polar surface area (TPSA) is 35.2 Å². The zero-order chi connectivity index (χ0) is 17.6. The molecule has 1 rings (SSSR count). The van der Waals surface area contributed by atoms with Crippen LogP contribution in [0, 0.1) is 11.8 Å². The second kappa shape index (κ2) is 8.61. The van der Waals surface area contributed by atoms with Gasteiger partial charge in [-0.2, -0.15) is 0 Å². The van der Waals surface area contributed by atoms with Gasteiger partial charge in [0, 0.05) is 17.2 Å². The van der Waals surface area contributed by atoms with Gasteiger partial charge in [-0.25, -0.2) is 0 Å². The van der Waals surface area contributed by atoms with Gasteiger partial charge < -0.3 is 10.5 Å². The maximum atomic E-state index is 6.54. The van der Waals surface area contributed by atoms with Crippen molar-refractivity contribution in [1.29, 1.82) is 0 Å². The van der Waals surface area contributed by atoms with Crippen molar-refractivity contribution >= 4 is 5.57 Å². The lowest BCUT2D eigenvalue weighted by atomic mass is 9.90. The third-order valence-corrected chi connectivity index (χ3v) is 4.07. The van der Waals surface area contributed by atoms with Crippen molar-refractivity contribution in [3.8, 4) is 0 Å². The van der Waals surface area contributed by atoms with Crippen molar-refractivity contribution in [3.63, 3.8) is 0 Å². The molecule has 0 aliphatic rings. The SMILES string of the molecule is C=C(C)C(C)/C(N)=C(\C(=C/C(C)C)OC)c1cccc(CC)c1. The van der Waals surface area contributed by atoms with Crippen LogP contribution in [0.15, 0.2) is 53.9 Å². The van der Waals surface area contributed by atoms with Crippen molar-refractivity contribution in [2.75, 3.05) is 7.11 Å². The number of hydrogen-bond donors (Lipinski definition) is 1. The summed E-state index contributed by atoms with van der Waals surface area (Å²) in [6.45, 7) is 14.6. The normalized spacial score (nSPS) is 14.5. The van der Waals surface area contributed by atoms with Gasteiger partial charge in [-0.3, -0.25) is 0 Å². The molecule has 0 aliphatic heterocycles. The molecule has 0 spiro atoms. The quantitative estimate of drug-likeness (QED) is 0.420. The van der Waals surface area contributed by atoms with Crippen LogP contribution in [-0.4, -0.2) is 7.11 Å². The minimum atomic E-state index is 0.0981. The molecular weight excluding hydrogens is 282 g/mol. The summed E-state index contributed by atoms with van der Waals surface area (Å²) in [6.07, 6.45) is 3.11. The van der Waals surface area contributed by atoms with Gasteiger partial charge in [0.15, 0.2) is 0 Å². The molecule has 0 aliphatic carbocycles. The van der Waals surface area contributed by atoms with Crippen molar-refractivity contribution in [3.05, 3.63) is 65.1 Å². The largest absolute Gasteiger partial charge is 0.496 e. The molecule has 2 heteroatoms. The van der Waals surface area contributed by atoms with Gasteiger partial charge in [-0.1, -0.05) is 64.1 Å². The van der Waals surface area contributed by atoms with E-state index in [9.17, 15) is 0 Å².